The number of thiophene rings is 1. The summed E-state index contributed by atoms with van der Waals surface area (Å²) in [6.45, 7) is 6.97. The van der Waals surface area contributed by atoms with Crippen molar-refractivity contribution in [3.05, 3.63) is 44.6 Å². The minimum Gasteiger partial charge on any atom is -0.490 e. The molecule has 0 bridgehead atoms. The molecule has 3 nitrogen and oxygen atoms in total. The molecule has 1 aromatic heterocycles. The molecule has 0 atom stereocenters. The molecule has 0 saturated heterocycles. The third-order valence-electron chi connectivity index (χ3n) is 2.91. The Morgan fingerprint density at radius 1 is 1.14 bits per heavy atom. The van der Waals surface area contributed by atoms with Crippen molar-refractivity contribution in [1.29, 1.82) is 0 Å². The zero-order chi connectivity index (χ0) is 15.1. The fourth-order valence-electron chi connectivity index (χ4n) is 1.97. The van der Waals surface area contributed by atoms with Crippen LogP contribution in [-0.2, 0) is 13.2 Å². The Morgan fingerprint density at radius 2 is 2.00 bits per heavy atom. The Bertz CT molecular complexity index is 571. The average Bonchev–Trinajstić information content (AvgIpc) is 2.90. The molecular formula is C16H20BrNO2S. The van der Waals surface area contributed by atoms with Gasteiger partial charge in [-0.25, -0.2) is 0 Å². The van der Waals surface area contributed by atoms with Crippen molar-refractivity contribution in [3.8, 4) is 11.5 Å². The van der Waals surface area contributed by atoms with Gasteiger partial charge in [-0.15, -0.1) is 11.3 Å². The summed E-state index contributed by atoms with van der Waals surface area (Å²) >= 11 is 5.16. The normalized spacial score (nSPS) is 10.6. The van der Waals surface area contributed by atoms with Crippen LogP contribution in [0.2, 0.25) is 0 Å². The number of halogens is 1. The van der Waals surface area contributed by atoms with E-state index in [1.807, 2.05) is 25.1 Å². The summed E-state index contributed by atoms with van der Waals surface area (Å²) in [5.74, 6) is 1.65. The van der Waals surface area contributed by atoms with E-state index >= 15 is 0 Å². The molecule has 0 aliphatic rings. The van der Waals surface area contributed by atoms with Crippen LogP contribution in [0.25, 0.3) is 0 Å². The first-order valence-electron chi connectivity index (χ1n) is 7.07. The van der Waals surface area contributed by atoms with E-state index in [0.29, 0.717) is 13.2 Å². The lowest BCUT2D eigenvalue weighted by molar-refractivity contribution is 0.268. The van der Waals surface area contributed by atoms with Crippen LogP contribution < -0.4 is 14.8 Å². The molecular weight excluding hydrogens is 350 g/mol. The lowest BCUT2D eigenvalue weighted by atomic mass is 10.2. The van der Waals surface area contributed by atoms with Crippen LogP contribution in [0.4, 0.5) is 0 Å². The number of benzene rings is 1. The number of hydrogen-bond donors (Lipinski definition) is 1. The summed E-state index contributed by atoms with van der Waals surface area (Å²) in [5, 5.41) is 3.34. The Kier molecular flexibility index (Phi) is 6.54. The maximum atomic E-state index is 6.04. The maximum Gasteiger partial charge on any atom is 0.166 e. The van der Waals surface area contributed by atoms with Crippen LogP contribution in [-0.4, -0.2) is 13.2 Å². The van der Waals surface area contributed by atoms with Gasteiger partial charge in [-0.2, -0.15) is 0 Å². The maximum absolute atomic E-state index is 6.04. The summed E-state index contributed by atoms with van der Waals surface area (Å²) in [6.07, 6.45) is 0. The van der Waals surface area contributed by atoms with Crippen LogP contribution in [0.3, 0.4) is 0 Å². The molecule has 21 heavy (non-hydrogen) atoms. The van der Waals surface area contributed by atoms with E-state index in [4.69, 9.17) is 9.47 Å². The van der Waals surface area contributed by atoms with Gasteiger partial charge in [-0.05, 0) is 47.6 Å². The molecule has 0 aliphatic carbocycles. The Hall–Kier alpha value is -1.04. The van der Waals surface area contributed by atoms with Crippen molar-refractivity contribution in [1.82, 2.24) is 5.32 Å². The molecule has 2 rings (SSSR count). The summed E-state index contributed by atoms with van der Waals surface area (Å²) in [6, 6.07) is 10.1. The second-order valence-electron chi connectivity index (χ2n) is 4.45. The van der Waals surface area contributed by atoms with Crippen molar-refractivity contribution < 1.29 is 9.47 Å². The van der Waals surface area contributed by atoms with E-state index in [2.05, 4.69) is 40.3 Å². The van der Waals surface area contributed by atoms with Gasteiger partial charge in [0.25, 0.3) is 0 Å². The van der Waals surface area contributed by atoms with E-state index in [1.165, 1.54) is 4.88 Å². The lowest BCUT2D eigenvalue weighted by Gasteiger charge is -2.15. The van der Waals surface area contributed by atoms with Gasteiger partial charge in [0, 0.05) is 17.0 Å². The van der Waals surface area contributed by atoms with Crippen molar-refractivity contribution in [2.75, 3.05) is 13.2 Å². The number of hydrogen-bond acceptors (Lipinski definition) is 4. The molecule has 5 heteroatoms. The molecule has 0 amide bonds. The molecule has 1 N–H and O–H groups in total. The van der Waals surface area contributed by atoms with Gasteiger partial charge in [0.1, 0.15) is 6.61 Å². The van der Waals surface area contributed by atoms with E-state index < -0.39 is 0 Å². The standard InChI is InChI=1S/C16H20BrNO2S/c1-3-18-10-12-6-5-7-14(19-4-2)16(12)20-11-13-8-9-15(17)21-13/h5-9,18H,3-4,10-11H2,1-2H3. The van der Waals surface area contributed by atoms with Gasteiger partial charge in [0.15, 0.2) is 11.5 Å². The number of nitrogens with one attached hydrogen (secondary N) is 1. The van der Waals surface area contributed by atoms with Crippen LogP contribution >= 0.6 is 27.3 Å². The average molecular weight is 370 g/mol. The molecule has 114 valence electrons. The quantitative estimate of drug-likeness (QED) is 0.737. The fraction of sp³-hybridized carbons (Fsp3) is 0.375. The van der Waals surface area contributed by atoms with E-state index in [9.17, 15) is 0 Å². The Labute approximate surface area is 138 Å². The summed E-state index contributed by atoms with van der Waals surface area (Å²) in [7, 11) is 0. The first kappa shape index (κ1) is 16.3. The molecule has 0 aliphatic heterocycles. The highest BCUT2D eigenvalue weighted by atomic mass is 79.9. The minimum absolute atomic E-state index is 0.555. The highest BCUT2D eigenvalue weighted by Gasteiger charge is 2.11. The van der Waals surface area contributed by atoms with Crippen LogP contribution in [0.1, 0.15) is 24.3 Å². The topological polar surface area (TPSA) is 30.5 Å². The number of rotatable bonds is 8. The van der Waals surface area contributed by atoms with E-state index in [-0.39, 0.29) is 0 Å². The highest BCUT2D eigenvalue weighted by Crippen LogP contribution is 2.33. The second kappa shape index (κ2) is 8.41. The minimum atomic E-state index is 0.555. The molecule has 0 radical (unpaired) electrons. The predicted molar refractivity (Wildman–Crippen MR) is 91.3 cm³/mol. The van der Waals surface area contributed by atoms with Gasteiger partial charge < -0.3 is 14.8 Å². The SMILES string of the molecule is CCNCc1cccc(OCC)c1OCc1ccc(Br)s1. The van der Waals surface area contributed by atoms with Crippen LogP contribution in [0.5, 0.6) is 11.5 Å². The molecule has 0 spiro atoms. The molecule has 1 heterocycles. The Morgan fingerprint density at radius 3 is 2.67 bits per heavy atom. The fourth-order valence-corrected chi connectivity index (χ4v) is 3.36. The van der Waals surface area contributed by atoms with E-state index in [1.54, 1.807) is 11.3 Å². The smallest absolute Gasteiger partial charge is 0.166 e. The third kappa shape index (κ3) is 4.73. The molecule has 2 aromatic rings. The first-order chi connectivity index (χ1) is 10.2. The summed E-state index contributed by atoms with van der Waals surface area (Å²) in [4.78, 5) is 1.18. The van der Waals surface area contributed by atoms with Gasteiger partial charge in [0.2, 0.25) is 0 Å². The second-order valence-corrected chi connectivity index (χ2v) is 7.00. The van der Waals surface area contributed by atoms with E-state index in [0.717, 1.165) is 33.9 Å². The molecule has 0 fully saturated rings. The molecule has 1 aromatic carbocycles. The summed E-state index contributed by atoms with van der Waals surface area (Å²) in [5.41, 5.74) is 1.12. The molecule has 0 saturated carbocycles. The summed E-state index contributed by atoms with van der Waals surface area (Å²) < 4.78 is 12.9. The first-order valence-corrected chi connectivity index (χ1v) is 8.68. The van der Waals surface area contributed by atoms with Crippen molar-refractivity contribution in [2.24, 2.45) is 0 Å². The van der Waals surface area contributed by atoms with Crippen molar-refractivity contribution in [2.45, 2.75) is 27.0 Å². The number of ether oxygens (including phenoxy) is 2. The largest absolute Gasteiger partial charge is 0.490 e. The monoisotopic (exact) mass is 369 g/mol. The van der Waals surface area contributed by atoms with Gasteiger partial charge in [0.05, 0.1) is 10.4 Å². The number of para-hydroxylation sites is 1. The van der Waals surface area contributed by atoms with Crippen LogP contribution in [0, 0.1) is 0 Å². The third-order valence-corrected chi connectivity index (χ3v) is 4.51. The van der Waals surface area contributed by atoms with Gasteiger partial charge in [-0.1, -0.05) is 19.1 Å². The highest BCUT2D eigenvalue weighted by molar-refractivity contribution is 9.11. The predicted octanol–water partition coefficient (Wildman–Crippen LogP) is 4.60. The van der Waals surface area contributed by atoms with Crippen molar-refractivity contribution in [3.63, 3.8) is 0 Å². The molecule has 0 unspecified atom stereocenters. The van der Waals surface area contributed by atoms with Gasteiger partial charge >= 0.3 is 0 Å². The lowest BCUT2D eigenvalue weighted by Crippen LogP contribution is -2.13. The zero-order valence-corrected chi connectivity index (χ0v) is 14.7. The zero-order valence-electron chi connectivity index (χ0n) is 12.3. The van der Waals surface area contributed by atoms with Crippen molar-refractivity contribution >= 4 is 27.3 Å². The Balaban J connectivity index is 2.16. The van der Waals surface area contributed by atoms with Gasteiger partial charge in [-0.3, -0.25) is 0 Å². The van der Waals surface area contributed by atoms with Crippen LogP contribution in [0.15, 0.2) is 34.1 Å².